The Morgan fingerprint density at radius 1 is 1.25 bits per heavy atom. The van der Waals surface area contributed by atoms with E-state index in [2.05, 4.69) is 25.9 Å². The van der Waals surface area contributed by atoms with Crippen LogP contribution in [-0.4, -0.2) is 49.3 Å². The summed E-state index contributed by atoms with van der Waals surface area (Å²) in [7, 11) is 3.30. The first-order chi connectivity index (χ1) is 15.4. The number of anilines is 2. The van der Waals surface area contributed by atoms with Crippen molar-refractivity contribution < 1.29 is 18.7 Å². The molecule has 3 N–H and O–H groups in total. The standard InChI is InChI=1S/C22H25ClFN5O3/c1-13(25-2)22(30)26-11-14-9-15-18(10-19(14)32-8-7-31-3)27-12-28-21(15)29-17-6-4-5-16(23)20(17)24/h4-6,9-10,12-13,25H,7-8,11H2,1-3H3,(H,26,30)(H,27,28,29)/t13-/m1/s1. The summed E-state index contributed by atoms with van der Waals surface area (Å²) in [5.41, 5.74) is 1.50. The topological polar surface area (TPSA) is 97.4 Å². The summed E-state index contributed by atoms with van der Waals surface area (Å²) < 4.78 is 25.3. The molecule has 10 heteroatoms. The molecule has 1 amide bonds. The van der Waals surface area contributed by atoms with Gasteiger partial charge in [0.25, 0.3) is 0 Å². The van der Waals surface area contributed by atoms with E-state index in [-0.39, 0.29) is 29.2 Å². The Kier molecular flexibility index (Phi) is 8.15. The molecule has 170 valence electrons. The number of methoxy groups -OCH3 is 1. The van der Waals surface area contributed by atoms with Gasteiger partial charge in [-0.3, -0.25) is 4.79 Å². The molecule has 1 atom stereocenters. The van der Waals surface area contributed by atoms with Gasteiger partial charge in [-0.25, -0.2) is 14.4 Å². The Balaban J connectivity index is 1.98. The largest absolute Gasteiger partial charge is 0.491 e. The summed E-state index contributed by atoms with van der Waals surface area (Å²) in [6.07, 6.45) is 1.38. The van der Waals surface area contributed by atoms with Gasteiger partial charge >= 0.3 is 0 Å². The SMILES string of the molecule is CN[C@H](C)C(=O)NCc1cc2c(Nc3cccc(Cl)c3F)ncnc2cc1OCCOC. The molecule has 3 rings (SSSR count). The fourth-order valence-electron chi connectivity index (χ4n) is 2.93. The van der Waals surface area contributed by atoms with Gasteiger partial charge in [-0.15, -0.1) is 0 Å². The van der Waals surface area contributed by atoms with Gasteiger partial charge < -0.3 is 25.4 Å². The minimum atomic E-state index is -0.575. The molecule has 0 saturated carbocycles. The minimum Gasteiger partial charge on any atom is -0.491 e. The zero-order valence-corrected chi connectivity index (χ0v) is 18.8. The highest BCUT2D eigenvalue weighted by Gasteiger charge is 2.15. The van der Waals surface area contributed by atoms with E-state index in [9.17, 15) is 9.18 Å². The lowest BCUT2D eigenvalue weighted by Crippen LogP contribution is -2.40. The van der Waals surface area contributed by atoms with E-state index >= 15 is 0 Å². The van der Waals surface area contributed by atoms with Gasteiger partial charge in [0.15, 0.2) is 5.82 Å². The van der Waals surface area contributed by atoms with E-state index in [1.165, 1.54) is 12.4 Å². The molecule has 0 radical (unpaired) electrons. The van der Waals surface area contributed by atoms with Gasteiger partial charge in [-0.05, 0) is 32.2 Å². The van der Waals surface area contributed by atoms with E-state index in [0.717, 1.165) is 5.56 Å². The molecule has 0 fully saturated rings. The predicted molar refractivity (Wildman–Crippen MR) is 122 cm³/mol. The Morgan fingerprint density at radius 2 is 2.06 bits per heavy atom. The minimum absolute atomic E-state index is 0.00393. The molecular weight excluding hydrogens is 437 g/mol. The summed E-state index contributed by atoms with van der Waals surface area (Å²) in [5.74, 6) is 0.231. The van der Waals surface area contributed by atoms with Crippen LogP contribution >= 0.6 is 11.6 Å². The molecule has 32 heavy (non-hydrogen) atoms. The quantitative estimate of drug-likeness (QED) is 0.398. The summed E-state index contributed by atoms with van der Waals surface area (Å²) in [5, 5.41) is 9.40. The van der Waals surface area contributed by atoms with Crippen LogP contribution in [0.1, 0.15) is 12.5 Å². The smallest absolute Gasteiger partial charge is 0.237 e. The highest BCUT2D eigenvalue weighted by atomic mass is 35.5. The molecule has 0 aliphatic heterocycles. The fourth-order valence-corrected chi connectivity index (χ4v) is 3.10. The van der Waals surface area contributed by atoms with Crippen LogP contribution in [0.4, 0.5) is 15.9 Å². The van der Waals surface area contributed by atoms with Crippen LogP contribution in [-0.2, 0) is 16.1 Å². The van der Waals surface area contributed by atoms with Crippen molar-refractivity contribution in [2.45, 2.75) is 19.5 Å². The van der Waals surface area contributed by atoms with E-state index in [1.54, 1.807) is 39.3 Å². The predicted octanol–water partition coefficient (Wildman–Crippen LogP) is 3.42. The maximum atomic E-state index is 14.4. The maximum absolute atomic E-state index is 14.4. The lowest BCUT2D eigenvalue weighted by Gasteiger charge is -2.16. The van der Waals surface area contributed by atoms with Gasteiger partial charge in [0.05, 0.1) is 28.9 Å². The number of amides is 1. The molecule has 2 aromatic carbocycles. The van der Waals surface area contributed by atoms with E-state index in [4.69, 9.17) is 21.1 Å². The molecule has 0 aliphatic rings. The van der Waals surface area contributed by atoms with Crippen LogP contribution in [0, 0.1) is 5.82 Å². The lowest BCUT2D eigenvalue weighted by atomic mass is 10.1. The average molecular weight is 462 g/mol. The molecule has 0 bridgehead atoms. The van der Waals surface area contributed by atoms with Gasteiger partial charge in [0.2, 0.25) is 5.91 Å². The summed E-state index contributed by atoms with van der Waals surface area (Å²) in [6, 6.07) is 7.90. The monoisotopic (exact) mass is 461 g/mol. The number of hydrogen-bond donors (Lipinski definition) is 3. The highest BCUT2D eigenvalue weighted by molar-refractivity contribution is 6.31. The van der Waals surface area contributed by atoms with Gasteiger partial charge in [0.1, 0.15) is 24.5 Å². The summed E-state index contributed by atoms with van der Waals surface area (Å²) in [6.45, 7) is 2.73. The van der Waals surface area contributed by atoms with Crippen molar-refractivity contribution >= 4 is 39.9 Å². The zero-order chi connectivity index (χ0) is 23.1. The molecule has 1 heterocycles. The first-order valence-corrected chi connectivity index (χ1v) is 10.4. The Morgan fingerprint density at radius 3 is 2.81 bits per heavy atom. The first kappa shape index (κ1) is 23.6. The van der Waals surface area contributed by atoms with E-state index in [1.807, 2.05) is 6.07 Å². The number of carbonyl (C=O) groups is 1. The third kappa shape index (κ3) is 5.61. The number of carbonyl (C=O) groups excluding carboxylic acids is 1. The van der Waals surface area contributed by atoms with Crippen molar-refractivity contribution in [3.8, 4) is 5.75 Å². The second-order valence-electron chi connectivity index (χ2n) is 7.00. The fraction of sp³-hybridized carbons (Fsp3) is 0.318. The molecular formula is C22H25ClFN5O3. The second-order valence-corrected chi connectivity index (χ2v) is 7.40. The van der Waals surface area contributed by atoms with E-state index < -0.39 is 5.82 Å². The maximum Gasteiger partial charge on any atom is 0.237 e. The molecule has 0 unspecified atom stereocenters. The van der Waals surface area contributed by atoms with Crippen molar-refractivity contribution in [3.05, 3.63) is 53.1 Å². The number of ether oxygens (including phenoxy) is 2. The molecule has 8 nitrogen and oxygen atoms in total. The number of rotatable bonds is 10. The van der Waals surface area contributed by atoms with Crippen LogP contribution in [0.3, 0.4) is 0 Å². The lowest BCUT2D eigenvalue weighted by molar-refractivity contribution is -0.122. The van der Waals surface area contributed by atoms with Crippen molar-refractivity contribution in [1.82, 2.24) is 20.6 Å². The number of benzene rings is 2. The van der Waals surface area contributed by atoms with Crippen LogP contribution in [0.2, 0.25) is 5.02 Å². The number of likely N-dealkylation sites (N-methyl/N-ethyl adjacent to an activating group) is 1. The van der Waals surface area contributed by atoms with Gasteiger partial charge in [0, 0.05) is 30.7 Å². The molecule has 0 spiro atoms. The summed E-state index contributed by atoms with van der Waals surface area (Å²) >= 11 is 5.89. The number of aromatic nitrogens is 2. The number of nitrogens with one attached hydrogen (secondary N) is 3. The van der Waals surface area contributed by atoms with Gasteiger partial charge in [-0.2, -0.15) is 0 Å². The van der Waals surface area contributed by atoms with Crippen LogP contribution < -0.4 is 20.7 Å². The first-order valence-electron chi connectivity index (χ1n) is 10.00. The number of fused-ring (bicyclic) bond motifs is 1. The van der Waals surface area contributed by atoms with E-state index in [0.29, 0.717) is 35.7 Å². The second kappa shape index (κ2) is 11.0. The Bertz CT molecular complexity index is 1100. The number of nitrogens with zero attached hydrogens (tertiary/aromatic N) is 2. The Labute approximate surface area is 190 Å². The third-order valence-electron chi connectivity index (χ3n) is 4.85. The van der Waals surface area contributed by atoms with Crippen molar-refractivity contribution in [2.24, 2.45) is 0 Å². The zero-order valence-electron chi connectivity index (χ0n) is 18.0. The Hall–Kier alpha value is -3.01. The van der Waals surface area contributed by atoms with Crippen molar-refractivity contribution in [2.75, 3.05) is 32.7 Å². The molecule has 3 aromatic rings. The molecule has 0 aliphatic carbocycles. The van der Waals surface area contributed by atoms with Gasteiger partial charge in [-0.1, -0.05) is 17.7 Å². The average Bonchev–Trinajstić information content (AvgIpc) is 2.80. The normalized spacial score (nSPS) is 11.9. The molecule has 0 saturated heterocycles. The van der Waals surface area contributed by atoms with Crippen molar-refractivity contribution in [3.63, 3.8) is 0 Å². The number of hydrogen-bond acceptors (Lipinski definition) is 7. The highest BCUT2D eigenvalue weighted by Crippen LogP contribution is 2.31. The van der Waals surface area contributed by atoms with Crippen molar-refractivity contribution in [1.29, 1.82) is 0 Å². The summed E-state index contributed by atoms with van der Waals surface area (Å²) in [4.78, 5) is 20.8. The van der Waals surface area contributed by atoms with Crippen LogP contribution in [0.25, 0.3) is 10.9 Å². The van der Waals surface area contributed by atoms with Crippen LogP contribution in [0.15, 0.2) is 36.7 Å². The molecule has 1 aromatic heterocycles. The van der Waals surface area contributed by atoms with Crippen LogP contribution in [0.5, 0.6) is 5.75 Å². The number of halogens is 2. The third-order valence-corrected chi connectivity index (χ3v) is 5.14.